The Morgan fingerprint density at radius 1 is 0.857 bits per heavy atom. The second kappa shape index (κ2) is 11.6. The van der Waals surface area contributed by atoms with Gasteiger partial charge >= 0.3 is 0 Å². The van der Waals surface area contributed by atoms with Crippen molar-refractivity contribution in [3.05, 3.63) is 72.4 Å². The van der Waals surface area contributed by atoms with Gasteiger partial charge in [-0.2, -0.15) is 0 Å². The zero-order valence-corrected chi connectivity index (χ0v) is 13.8. The number of rotatable bonds is 3. The van der Waals surface area contributed by atoms with Gasteiger partial charge in [0.1, 0.15) is 0 Å². The standard InChI is InChI=1S/C15H14O2.2C2H6/c1-5-8-9-13-10(4)14(16)11(6-2)12(7-3)15(13)17;2*1-2/h5-9H,2-4H2,1H3;2*1-2H3/b8-5-,13-9+;;. The van der Waals surface area contributed by atoms with Crippen LogP contribution in [0, 0.1) is 0 Å². The molecule has 0 aliphatic heterocycles. The molecule has 0 spiro atoms. The van der Waals surface area contributed by atoms with Crippen molar-refractivity contribution in [3.63, 3.8) is 0 Å². The first-order valence-electron chi connectivity index (χ1n) is 7.19. The minimum absolute atomic E-state index is 0.202. The SMILES string of the molecule is C=CC1=C(C=C)C(=O)/C(=C/C=C\C)C(=C)C1=O.CC.CC. The summed E-state index contributed by atoms with van der Waals surface area (Å²) >= 11 is 0. The molecule has 0 saturated heterocycles. The molecule has 0 atom stereocenters. The van der Waals surface area contributed by atoms with Crippen LogP contribution in [0.5, 0.6) is 0 Å². The Morgan fingerprint density at radius 3 is 1.67 bits per heavy atom. The van der Waals surface area contributed by atoms with Gasteiger partial charge < -0.3 is 0 Å². The predicted molar refractivity (Wildman–Crippen MR) is 92.2 cm³/mol. The second-order valence-corrected chi connectivity index (χ2v) is 3.48. The number of ketones is 2. The smallest absolute Gasteiger partial charge is 0.194 e. The Balaban J connectivity index is 0. The van der Waals surface area contributed by atoms with Crippen molar-refractivity contribution in [2.75, 3.05) is 0 Å². The molecule has 0 aromatic carbocycles. The van der Waals surface area contributed by atoms with E-state index in [-0.39, 0.29) is 28.3 Å². The van der Waals surface area contributed by atoms with Crippen LogP contribution < -0.4 is 0 Å². The molecule has 2 heteroatoms. The summed E-state index contributed by atoms with van der Waals surface area (Å²) in [6.07, 6.45) is 7.82. The molecule has 1 rings (SSSR count). The average Bonchev–Trinajstić information content (AvgIpc) is 2.54. The van der Waals surface area contributed by atoms with Crippen LogP contribution in [0.3, 0.4) is 0 Å². The quantitative estimate of drug-likeness (QED) is 0.690. The van der Waals surface area contributed by atoms with E-state index in [1.54, 1.807) is 18.2 Å². The molecule has 0 bridgehead atoms. The minimum Gasteiger partial charge on any atom is -0.289 e. The lowest BCUT2D eigenvalue weighted by molar-refractivity contribution is -0.116. The van der Waals surface area contributed by atoms with Crippen LogP contribution in [0.25, 0.3) is 0 Å². The molecule has 1 aliphatic carbocycles. The lowest BCUT2D eigenvalue weighted by atomic mass is 9.82. The molecule has 2 nitrogen and oxygen atoms in total. The lowest BCUT2D eigenvalue weighted by Crippen LogP contribution is -2.22. The van der Waals surface area contributed by atoms with Gasteiger partial charge in [-0.3, -0.25) is 9.59 Å². The number of hydrogen-bond donors (Lipinski definition) is 0. The van der Waals surface area contributed by atoms with E-state index in [4.69, 9.17) is 0 Å². The monoisotopic (exact) mass is 286 g/mol. The summed E-state index contributed by atoms with van der Waals surface area (Å²) in [7, 11) is 0. The van der Waals surface area contributed by atoms with Crippen molar-refractivity contribution in [3.8, 4) is 0 Å². The Morgan fingerprint density at radius 2 is 1.29 bits per heavy atom. The van der Waals surface area contributed by atoms with Crippen molar-refractivity contribution in [2.24, 2.45) is 0 Å². The van der Waals surface area contributed by atoms with Gasteiger partial charge in [-0.05, 0) is 6.92 Å². The normalized spacial score (nSPS) is 16.2. The maximum absolute atomic E-state index is 12.1. The van der Waals surface area contributed by atoms with Crippen molar-refractivity contribution in [1.82, 2.24) is 0 Å². The summed E-state index contributed by atoms with van der Waals surface area (Å²) in [5.74, 6) is -0.511. The van der Waals surface area contributed by atoms with E-state index in [1.807, 2.05) is 34.6 Å². The molecule has 0 unspecified atom stereocenters. The summed E-state index contributed by atoms with van der Waals surface area (Å²) in [5, 5.41) is 0. The zero-order valence-electron chi connectivity index (χ0n) is 13.8. The highest BCUT2D eigenvalue weighted by atomic mass is 16.1. The molecular weight excluding hydrogens is 260 g/mol. The third-order valence-electron chi connectivity index (χ3n) is 2.49. The molecule has 0 saturated carbocycles. The molecule has 0 N–H and O–H groups in total. The second-order valence-electron chi connectivity index (χ2n) is 3.48. The van der Waals surface area contributed by atoms with Gasteiger partial charge in [0.05, 0.1) is 0 Å². The van der Waals surface area contributed by atoms with E-state index < -0.39 is 0 Å². The fraction of sp³-hybridized carbons (Fsp3) is 0.263. The van der Waals surface area contributed by atoms with E-state index in [0.717, 1.165) is 0 Å². The van der Waals surface area contributed by atoms with Crippen LogP contribution in [0.4, 0.5) is 0 Å². The Kier molecular flexibility index (Phi) is 11.6. The highest BCUT2D eigenvalue weighted by Gasteiger charge is 2.30. The van der Waals surface area contributed by atoms with Crippen LogP contribution in [0.1, 0.15) is 34.6 Å². The third-order valence-corrected chi connectivity index (χ3v) is 2.49. The summed E-state index contributed by atoms with van der Waals surface area (Å²) in [5.41, 5.74) is 1.07. The van der Waals surface area contributed by atoms with Gasteiger partial charge in [-0.1, -0.05) is 77.8 Å². The number of Topliss-reactive ketones (excluding diaryl/α,β-unsaturated/α-hetero) is 2. The Hall–Kier alpha value is -2.22. The van der Waals surface area contributed by atoms with Crippen LogP contribution in [-0.2, 0) is 9.59 Å². The van der Waals surface area contributed by atoms with Gasteiger partial charge in [0.25, 0.3) is 0 Å². The minimum atomic E-state index is -0.273. The molecule has 0 fully saturated rings. The number of carbonyl (C=O) groups is 2. The fourth-order valence-corrected chi connectivity index (χ4v) is 1.59. The fourth-order valence-electron chi connectivity index (χ4n) is 1.59. The first-order chi connectivity index (χ1) is 10.1. The molecule has 114 valence electrons. The maximum atomic E-state index is 12.1. The van der Waals surface area contributed by atoms with Gasteiger partial charge in [0, 0.05) is 22.3 Å². The topological polar surface area (TPSA) is 34.1 Å². The molecule has 0 aromatic rings. The van der Waals surface area contributed by atoms with E-state index >= 15 is 0 Å². The van der Waals surface area contributed by atoms with Gasteiger partial charge in [-0.25, -0.2) is 0 Å². The number of hydrogen-bond acceptors (Lipinski definition) is 2. The van der Waals surface area contributed by atoms with Crippen LogP contribution in [0.15, 0.2) is 72.4 Å². The van der Waals surface area contributed by atoms with Gasteiger partial charge in [0.2, 0.25) is 0 Å². The van der Waals surface area contributed by atoms with Crippen LogP contribution in [-0.4, -0.2) is 11.6 Å². The maximum Gasteiger partial charge on any atom is 0.194 e. The molecule has 0 aromatic heterocycles. The van der Waals surface area contributed by atoms with Crippen LogP contribution in [0.2, 0.25) is 0 Å². The van der Waals surface area contributed by atoms with Gasteiger partial charge in [-0.15, -0.1) is 0 Å². The van der Waals surface area contributed by atoms with E-state index in [2.05, 4.69) is 19.7 Å². The van der Waals surface area contributed by atoms with Crippen LogP contribution >= 0.6 is 0 Å². The molecule has 0 radical (unpaired) electrons. The molecule has 21 heavy (non-hydrogen) atoms. The Bertz CT molecular complexity index is 512. The number of carbonyl (C=O) groups excluding carboxylic acids is 2. The molecular formula is C19H26O2. The molecule has 1 aliphatic rings. The first kappa shape index (κ1) is 21.1. The van der Waals surface area contributed by atoms with Crippen molar-refractivity contribution < 1.29 is 9.59 Å². The first-order valence-corrected chi connectivity index (χ1v) is 7.19. The summed E-state index contributed by atoms with van der Waals surface area (Å²) < 4.78 is 0. The largest absolute Gasteiger partial charge is 0.289 e. The summed E-state index contributed by atoms with van der Waals surface area (Å²) in [6.45, 7) is 20.6. The highest BCUT2D eigenvalue weighted by molar-refractivity contribution is 6.31. The van der Waals surface area contributed by atoms with E-state index in [1.165, 1.54) is 12.2 Å². The third kappa shape index (κ3) is 4.99. The summed E-state index contributed by atoms with van der Waals surface area (Å²) in [4.78, 5) is 24.0. The predicted octanol–water partition coefficient (Wildman–Crippen LogP) is 4.92. The highest BCUT2D eigenvalue weighted by Crippen LogP contribution is 2.28. The lowest BCUT2D eigenvalue weighted by Gasteiger charge is -2.18. The number of allylic oxidation sites excluding steroid dienone is 9. The molecule has 0 heterocycles. The average molecular weight is 286 g/mol. The van der Waals surface area contributed by atoms with Crippen molar-refractivity contribution >= 4 is 11.6 Å². The van der Waals surface area contributed by atoms with Crippen molar-refractivity contribution in [1.29, 1.82) is 0 Å². The Labute approximate surface area is 128 Å². The summed E-state index contributed by atoms with van der Waals surface area (Å²) in [6, 6.07) is 0. The van der Waals surface area contributed by atoms with Gasteiger partial charge in [0.15, 0.2) is 11.6 Å². The van der Waals surface area contributed by atoms with Crippen molar-refractivity contribution in [2.45, 2.75) is 34.6 Å². The zero-order chi connectivity index (χ0) is 17.0. The van der Waals surface area contributed by atoms with E-state index in [0.29, 0.717) is 5.57 Å². The molecule has 0 amide bonds. The van der Waals surface area contributed by atoms with E-state index in [9.17, 15) is 9.59 Å².